The van der Waals surface area contributed by atoms with Gasteiger partial charge in [0.2, 0.25) is 5.82 Å². The summed E-state index contributed by atoms with van der Waals surface area (Å²) in [5.74, 6) is -1.04. The van der Waals surface area contributed by atoms with Crippen molar-refractivity contribution in [2.24, 2.45) is 5.41 Å². The molecule has 0 saturated carbocycles. The van der Waals surface area contributed by atoms with Gasteiger partial charge in [-0.3, -0.25) is 0 Å². The van der Waals surface area contributed by atoms with E-state index in [9.17, 15) is 13.2 Å². The zero-order valence-electron chi connectivity index (χ0n) is 11.7. The van der Waals surface area contributed by atoms with Crippen molar-refractivity contribution in [3.63, 3.8) is 0 Å². The smallest absolute Gasteiger partial charge is 0.384 e. The summed E-state index contributed by atoms with van der Waals surface area (Å²) in [6, 6.07) is 1.41. The Kier molecular flexibility index (Phi) is 3.80. The van der Waals surface area contributed by atoms with Crippen LogP contribution in [0.5, 0.6) is 0 Å². The van der Waals surface area contributed by atoms with Crippen LogP contribution in [0.3, 0.4) is 0 Å². The molecule has 1 fully saturated rings. The van der Waals surface area contributed by atoms with E-state index in [1.54, 1.807) is 0 Å². The Balaban J connectivity index is 2.29. The van der Waals surface area contributed by atoms with Crippen LogP contribution in [-0.2, 0) is 6.18 Å². The van der Waals surface area contributed by atoms with Crippen molar-refractivity contribution in [2.75, 3.05) is 23.7 Å². The molecule has 0 amide bonds. The Morgan fingerprint density at radius 2 is 1.95 bits per heavy atom. The van der Waals surface area contributed by atoms with Gasteiger partial charge in [0.25, 0.3) is 0 Å². The average Bonchev–Trinajstić information content (AvgIpc) is 2.82. The number of aromatic nitrogens is 2. The first kappa shape index (κ1) is 14.9. The van der Waals surface area contributed by atoms with E-state index in [-0.39, 0.29) is 17.1 Å². The summed E-state index contributed by atoms with van der Waals surface area (Å²) in [5, 5.41) is 0. The molecule has 0 unspecified atom stereocenters. The summed E-state index contributed by atoms with van der Waals surface area (Å²) in [4.78, 5) is 8.77. The van der Waals surface area contributed by atoms with E-state index in [2.05, 4.69) is 23.8 Å². The molecule has 112 valence electrons. The van der Waals surface area contributed by atoms with Crippen LogP contribution in [0.4, 0.5) is 24.8 Å². The minimum Gasteiger partial charge on any atom is -0.384 e. The van der Waals surface area contributed by atoms with E-state index in [0.717, 1.165) is 19.3 Å². The van der Waals surface area contributed by atoms with Crippen LogP contribution in [0, 0.1) is 5.41 Å². The number of halogens is 3. The number of alkyl halides is 3. The molecule has 0 spiro atoms. The Morgan fingerprint density at radius 1 is 1.30 bits per heavy atom. The van der Waals surface area contributed by atoms with Gasteiger partial charge in [0.15, 0.2) is 0 Å². The second kappa shape index (κ2) is 5.10. The molecule has 0 atom stereocenters. The Morgan fingerprint density at radius 3 is 2.45 bits per heavy atom. The molecule has 1 aromatic rings. The average molecular weight is 288 g/mol. The molecule has 0 radical (unpaired) electrons. The molecular formula is C13H19F3N4. The van der Waals surface area contributed by atoms with E-state index < -0.39 is 12.0 Å². The van der Waals surface area contributed by atoms with Crippen LogP contribution < -0.4 is 10.6 Å². The molecule has 1 aliphatic heterocycles. The molecule has 0 aromatic carbocycles. The van der Waals surface area contributed by atoms with Crippen molar-refractivity contribution in [2.45, 2.75) is 39.3 Å². The minimum atomic E-state index is -4.57. The maximum absolute atomic E-state index is 12.7. The van der Waals surface area contributed by atoms with Gasteiger partial charge in [0, 0.05) is 19.2 Å². The summed E-state index contributed by atoms with van der Waals surface area (Å²) in [5.41, 5.74) is 5.64. The largest absolute Gasteiger partial charge is 0.451 e. The number of nitrogens with two attached hydrogens (primary N) is 1. The molecule has 2 N–H and O–H groups in total. The fraction of sp³-hybridized carbons (Fsp3) is 0.692. The lowest BCUT2D eigenvalue weighted by Crippen LogP contribution is -2.27. The predicted molar refractivity (Wildman–Crippen MR) is 71.3 cm³/mol. The van der Waals surface area contributed by atoms with Gasteiger partial charge in [-0.2, -0.15) is 13.2 Å². The molecular weight excluding hydrogens is 269 g/mol. The monoisotopic (exact) mass is 288 g/mol. The number of anilines is 2. The number of hydrogen-bond acceptors (Lipinski definition) is 4. The van der Waals surface area contributed by atoms with Crippen molar-refractivity contribution >= 4 is 11.6 Å². The summed E-state index contributed by atoms with van der Waals surface area (Å²) in [6.45, 7) is 5.65. The molecule has 2 heterocycles. The second-order valence-corrected chi connectivity index (χ2v) is 5.35. The van der Waals surface area contributed by atoms with Crippen LogP contribution >= 0.6 is 0 Å². The van der Waals surface area contributed by atoms with Crippen molar-refractivity contribution in [3.05, 3.63) is 11.9 Å². The molecule has 1 aliphatic rings. The Bertz CT molecular complexity index is 483. The van der Waals surface area contributed by atoms with E-state index in [1.807, 2.05) is 4.90 Å². The minimum absolute atomic E-state index is 0.146. The maximum atomic E-state index is 12.7. The first-order valence-electron chi connectivity index (χ1n) is 6.76. The zero-order chi connectivity index (χ0) is 15.0. The molecule has 1 aromatic heterocycles. The van der Waals surface area contributed by atoms with Crippen molar-refractivity contribution < 1.29 is 13.2 Å². The lowest BCUT2D eigenvalue weighted by molar-refractivity contribution is -0.144. The topological polar surface area (TPSA) is 55.0 Å². The highest BCUT2D eigenvalue weighted by Crippen LogP contribution is 2.39. The van der Waals surface area contributed by atoms with Gasteiger partial charge in [-0.1, -0.05) is 13.8 Å². The lowest BCUT2D eigenvalue weighted by Gasteiger charge is -2.27. The summed E-state index contributed by atoms with van der Waals surface area (Å²) < 4.78 is 38.2. The van der Waals surface area contributed by atoms with E-state index >= 15 is 0 Å². The number of rotatable bonds is 3. The SMILES string of the molecule is CCC1(CC)CCN(c2cc(N)nc(C(F)(F)F)n2)C1. The lowest BCUT2D eigenvalue weighted by atomic mass is 9.82. The first-order chi connectivity index (χ1) is 9.29. The van der Waals surface area contributed by atoms with Gasteiger partial charge in [-0.05, 0) is 24.7 Å². The Labute approximate surface area is 116 Å². The Hall–Kier alpha value is -1.53. The standard InChI is InChI=1S/C13H19F3N4/c1-3-12(4-2)5-6-20(8-12)10-7-9(17)18-11(19-10)13(14,15)16/h7H,3-6,8H2,1-2H3,(H2,17,18,19). The molecule has 7 heteroatoms. The molecule has 1 saturated heterocycles. The van der Waals surface area contributed by atoms with Gasteiger partial charge in [-0.25, -0.2) is 9.97 Å². The zero-order valence-corrected chi connectivity index (χ0v) is 11.7. The normalized spacial score (nSPS) is 18.6. The highest BCUT2D eigenvalue weighted by atomic mass is 19.4. The van der Waals surface area contributed by atoms with E-state index in [4.69, 9.17) is 5.73 Å². The fourth-order valence-electron chi connectivity index (χ4n) is 2.70. The van der Waals surface area contributed by atoms with Gasteiger partial charge in [0.1, 0.15) is 11.6 Å². The highest BCUT2D eigenvalue weighted by molar-refractivity contribution is 5.48. The van der Waals surface area contributed by atoms with Crippen molar-refractivity contribution in [1.29, 1.82) is 0 Å². The fourth-order valence-corrected chi connectivity index (χ4v) is 2.70. The summed E-state index contributed by atoms with van der Waals surface area (Å²) >= 11 is 0. The molecule has 0 bridgehead atoms. The van der Waals surface area contributed by atoms with Gasteiger partial charge in [0.05, 0.1) is 0 Å². The second-order valence-electron chi connectivity index (χ2n) is 5.35. The van der Waals surface area contributed by atoms with Crippen molar-refractivity contribution in [3.8, 4) is 0 Å². The van der Waals surface area contributed by atoms with Gasteiger partial charge < -0.3 is 10.6 Å². The van der Waals surface area contributed by atoms with Gasteiger partial charge >= 0.3 is 6.18 Å². The van der Waals surface area contributed by atoms with Crippen LogP contribution in [0.15, 0.2) is 6.07 Å². The van der Waals surface area contributed by atoms with E-state index in [0.29, 0.717) is 13.1 Å². The third-order valence-electron chi connectivity index (χ3n) is 4.25. The van der Waals surface area contributed by atoms with Crippen LogP contribution in [0.2, 0.25) is 0 Å². The number of nitrogens with zero attached hydrogens (tertiary/aromatic N) is 3. The molecule has 20 heavy (non-hydrogen) atoms. The van der Waals surface area contributed by atoms with Crippen LogP contribution in [-0.4, -0.2) is 23.1 Å². The van der Waals surface area contributed by atoms with Crippen LogP contribution in [0.25, 0.3) is 0 Å². The molecule has 2 rings (SSSR count). The number of hydrogen-bond donors (Lipinski definition) is 1. The predicted octanol–water partition coefficient (Wildman–Crippen LogP) is 3.09. The quantitative estimate of drug-likeness (QED) is 0.928. The number of nitrogen functional groups attached to an aromatic ring is 1. The third kappa shape index (κ3) is 2.81. The molecule has 4 nitrogen and oxygen atoms in total. The summed E-state index contributed by atoms with van der Waals surface area (Å²) in [6.07, 6.45) is -1.60. The van der Waals surface area contributed by atoms with E-state index in [1.165, 1.54) is 6.07 Å². The third-order valence-corrected chi connectivity index (χ3v) is 4.25. The summed E-state index contributed by atoms with van der Waals surface area (Å²) in [7, 11) is 0. The van der Waals surface area contributed by atoms with Gasteiger partial charge in [-0.15, -0.1) is 0 Å². The molecule has 0 aliphatic carbocycles. The first-order valence-corrected chi connectivity index (χ1v) is 6.76. The van der Waals surface area contributed by atoms with Crippen molar-refractivity contribution in [1.82, 2.24) is 9.97 Å². The highest BCUT2D eigenvalue weighted by Gasteiger charge is 2.38. The maximum Gasteiger partial charge on any atom is 0.451 e. The van der Waals surface area contributed by atoms with Crippen LogP contribution in [0.1, 0.15) is 38.9 Å².